The van der Waals surface area contributed by atoms with E-state index >= 15 is 0 Å². The van der Waals surface area contributed by atoms with Crippen molar-refractivity contribution in [2.75, 3.05) is 13.2 Å². The number of nitrogens with zero attached hydrogens (tertiary/aromatic N) is 1. The van der Waals surface area contributed by atoms with Gasteiger partial charge in [0.05, 0.1) is 18.1 Å². The highest BCUT2D eigenvalue weighted by Gasteiger charge is 2.33. The van der Waals surface area contributed by atoms with Crippen LogP contribution in [0.2, 0.25) is 0 Å². The maximum atomic E-state index is 12.8. The fraction of sp³-hybridized carbons (Fsp3) is 0.261. The van der Waals surface area contributed by atoms with E-state index in [4.69, 9.17) is 21.7 Å². The van der Waals surface area contributed by atoms with Gasteiger partial charge in [-0.05, 0) is 61.5 Å². The Bertz CT molecular complexity index is 992. The lowest BCUT2D eigenvalue weighted by Crippen LogP contribution is -2.44. The molecule has 1 saturated heterocycles. The normalized spacial score (nSPS) is 14.8. The molecule has 0 atom stereocenters. The van der Waals surface area contributed by atoms with Crippen LogP contribution in [0.25, 0.3) is 6.08 Å². The van der Waals surface area contributed by atoms with Gasteiger partial charge >= 0.3 is 0 Å². The average molecular weight is 457 g/mol. The third kappa shape index (κ3) is 5.86. The highest BCUT2D eigenvalue weighted by Crippen LogP contribution is 2.34. The van der Waals surface area contributed by atoms with Crippen LogP contribution in [0.1, 0.15) is 42.6 Å². The SMILES string of the molecule is CCCCOc1ccc(/C=C2\SC(=S)N(NC(=O)c3ccccc3)C2=O)cc1OCC. The van der Waals surface area contributed by atoms with Gasteiger partial charge in [-0.3, -0.25) is 15.0 Å². The van der Waals surface area contributed by atoms with Crippen molar-refractivity contribution in [3.8, 4) is 11.5 Å². The Morgan fingerprint density at radius 2 is 1.90 bits per heavy atom. The number of hydrogen-bond acceptors (Lipinski definition) is 6. The van der Waals surface area contributed by atoms with Crippen LogP contribution in [0, 0.1) is 0 Å². The van der Waals surface area contributed by atoms with Crippen molar-refractivity contribution in [3.05, 3.63) is 64.6 Å². The summed E-state index contributed by atoms with van der Waals surface area (Å²) in [5.41, 5.74) is 3.80. The van der Waals surface area contributed by atoms with E-state index in [9.17, 15) is 9.59 Å². The number of hydrogen-bond donors (Lipinski definition) is 1. The van der Waals surface area contributed by atoms with E-state index in [1.54, 1.807) is 30.3 Å². The Hall–Kier alpha value is -2.84. The number of carbonyl (C=O) groups is 2. The summed E-state index contributed by atoms with van der Waals surface area (Å²) in [6.45, 7) is 5.13. The van der Waals surface area contributed by atoms with Crippen molar-refractivity contribution in [1.82, 2.24) is 10.4 Å². The Kier molecular flexibility index (Phi) is 8.08. The van der Waals surface area contributed by atoms with Crippen molar-refractivity contribution in [2.24, 2.45) is 0 Å². The third-order valence-electron chi connectivity index (χ3n) is 4.36. The minimum Gasteiger partial charge on any atom is -0.490 e. The van der Waals surface area contributed by atoms with Crippen molar-refractivity contribution < 1.29 is 19.1 Å². The lowest BCUT2D eigenvalue weighted by atomic mass is 10.2. The van der Waals surface area contributed by atoms with Crippen molar-refractivity contribution in [1.29, 1.82) is 0 Å². The first-order chi connectivity index (χ1) is 15.0. The van der Waals surface area contributed by atoms with Crippen molar-refractivity contribution in [3.63, 3.8) is 0 Å². The van der Waals surface area contributed by atoms with Crippen LogP contribution >= 0.6 is 24.0 Å². The number of rotatable bonds is 9. The zero-order chi connectivity index (χ0) is 22.2. The second-order valence-electron chi connectivity index (χ2n) is 6.67. The molecule has 0 spiro atoms. The zero-order valence-corrected chi connectivity index (χ0v) is 19.1. The van der Waals surface area contributed by atoms with Gasteiger partial charge in [-0.1, -0.05) is 49.4 Å². The zero-order valence-electron chi connectivity index (χ0n) is 17.4. The molecule has 0 radical (unpaired) electrons. The summed E-state index contributed by atoms with van der Waals surface area (Å²) in [7, 11) is 0. The van der Waals surface area contributed by atoms with Crippen LogP contribution in [0.4, 0.5) is 0 Å². The maximum absolute atomic E-state index is 12.8. The van der Waals surface area contributed by atoms with Crippen LogP contribution in [-0.2, 0) is 4.79 Å². The number of ether oxygens (including phenoxy) is 2. The molecule has 31 heavy (non-hydrogen) atoms. The minimum absolute atomic E-state index is 0.269. The van der Waals surface area contributed by atoms with Gasteiger partial charge in [0.15, 0.2) is 15.8 Å². The van der Waals surface area contributed by atoms with E-state index in [0.29, 0.717) is 35.2 Å². The Labute approximate surface area is 191 Å². The lowest BCUT2D eigenvalue weighted by molar-refractivity contribution is -0.123. The second-order valence-corrected chi connectivity index (χ2v) is 8.34. The van der Waals surface area contributed by atoms with E-state index in [-0.39, 0.29) is 10.2 Å². The predicted molar refractivity (Wildman–Crippen MR) is 127 cm³/mol. The highest BCUT2D eigenvalue weighted by atomic mass is 32.2. The molecule has 2 amide bonds. The van der Waals surface area contributed by atoms with Crippen molar-refractivity contribution >= 4 is 46.2 Å². The summed E-state index contributed by atoms with van der Waals surface area (Å²) in [6.07, 6.45) is 3.74. The van der Waals surface area contributed by atoms with Gasteiger partial charge in [0.1, 0.15) is 0 Å². The first-order valence-electron chi connectivity index (χ1n) is 10.1. The number of carbonyl (C=O) groups excluding carboxylic acids is 2. The predicted octanol–water partition coefficient (Wildman–Crippen LogP) is 4.81. The molecule has 0 unspecified atom stereocenters. The molecule has 0 aliphatic carbocycles. The topological polar surface area (TPSA) is 67.9 Å². The first kappa shape index (κ1) is 22.8. The lowest BCUT2D eigenvalue weighted by Gasteiger charge is -2.15. The van der Waals surface area contributed by atoms with Crippen LogP contribution in [0.15, 0.2) is 53.4 Å². The number of amides is 2. The van der Waals surface area contributed by atoms with Gasteiger partial charge < -0.3 is 9.47 Å². The molecule has 0 aromatic heterocycles. The number of thioether (sulfide) groups is 1. The summed E-state index contributed by atoms with van der Waals surface area (Å²) in [5.74, 6) is 0.529. The molecule has 6 nitrogen and oxygen atoms in total. The summed E-state index contributed by atoms with van der Waals surface area (Å²) < 4.78 is 11.8. The molecule has 0 saturated carbocycles. The van der Waals surface area contributed by atoms with E-state index in [1.807, 2.05) is 31.2 Å². The quantitative estimate of drug-likeness (QED) is 0.332. The molecular weight excluding hydrogens is 432 g/mol. The number of unbranched alkanes of at least 4 members (excludes halogenated alkanes) is 1. The fourth-order valence-corrected chi connectivity index (χ4v) is 3.98. The largest absolute Gasteiger partial charge is 0.490 e. The van der Waals surface area contributed by atoms with Gasteiger partial charge in [0, 0.05) is 5.56 Å². The molecular formula is C23H24N2O4S2. The molecule has 1 fully saturated rings. The third-order valence-corrected chi connectivity index (χ3v) is 5.67. The average Bonchev–Trinajstić information content (AvgIpc) is 3.03. The molecule has 3 rings (SSSR count). The van der Waals surface area contributed by atoms with Crippen LogP contribution in [-0.4, -0.2) is 34.4 Å². The van der Waals surface area contributed by atoms with Crippen LogP contribution in [0.5, 0.6) is 11.5 Å². The molecule has 8 heteroatoms. The molecule has 0 bridgehead atoms. The number of thiocarbonyl (C=S) groups is 1. The standard InChI is InChI=1S/C23H24N2O4S2/c1-3-5-13-29-18-12-11-16(14-19(18)28-4-2)15-20-22(27)25(23(30)31-20)24-21(26)17-9-7-6-8-10-17/h6-12,14-15H,3-5,13H2,1-2H3,(H,24,26)/b20-15-. The molecule has 2 aromatic rings. The summed E-state index contributed by atoms with van der Waals surface area (Å²) in [4.78, 5) is 25.6. The Morgan fingerprint density at radius 3 is 2.61 bits per heavy atom. The summed E-state index contributed by atoms with van der Waals surface area (Å²) in [6, 6.07) is 14.2. The van der Waals surface area contributed by atoms with Gasteiger partial charge in [-0.2, -0.15) is 5.01 Å². The smallest absolute Gasteiger partial charge is 0.285 e. The Morgan fingerprint density at radius 1 is 1.13 bits per heavy atom. The summed E-state index contributed by atoms with van der Waals surface area (Å²) in [5, 5.41) is 1.10. The van der Waals surface area contributed by atoms with E-state index in [0.717, 1.165) is 35.2 Å². The molecule has 162 valence electrons. The van der Waals surface area contributed by atoms with Gasteiger partial charge in [0.2, 0.25) is 0 Å². The minimum atomic E-state index is -0.398. The number of benzene rings is 2. The molecule has 2 aromatic carbocycles. The van der Waals surface area contributed by atoms with Gasteiger partial charge in [-0.15, -0.1) is 0 Å². The van der Waals surface area contributed by atoms with Crippen molar-refractivity contribution in [2.45, 2.75) is 26.7 Å². The maximum Gasteiger partial charge on any atom is 0.285 e. The van der Waals surface area contributed by atoms with Gasteiger partial charge in [0.25, 0.3) is 11.8 Å². The van der Waals surface area contributed by atoms with Gasteiger partial charge in [-0.25, -0.2) is 0 Å². The second kappa shape index (κ2) is 11.0. The number of nitrogens with one attached hydrogen (secondary N) is 1. The summed E-state index contributed by atoms with van der Waals surface area (Å²) >= 11 is 6.43. The first-order valence-corrected chi connectivity index (χ1v) is 11.3. The molecule has 1 N–H and O–H groups in total. The Balaban J connectivity index is 1.75. The fourth-order valence-electron chi connectivity index (χ4n) is 2.80. The number of hydrazine groups is 1. The van der Waals surface area contributed by atoms with E-state index in [2.05, 4.69) is 12.3 Å². The van der Waals surface area contributed by atoms with E-state index in [1.165, 1.54) is 0 Å². The molecule has 1 heterocycles. The monoisotopic (exact) mass is 456 g/mol. The molecule has 1 aliphatic heterocycles. The molecule has 1 aliphatic rings. The van der Waals surface area contributed by atoms with E-state index < -0.39 is 5.91 Å². The van der Waals surface area contributed by atoms with Crippen LogP contribution in [0.3, 0.4) is 0 Å². The van der Waals surface area contributed by atoms with Crippen LogP contribution < -0.4 is 14.9 Å². The highest BCUT2D eigenvalue weighted by molar-refractivity contribution is 8.26.